The maximum Gasteiger partial charge on any atom is 0.259 e. The van der Waals surface area contributed by atoms with Crippen LogP contribution in [0.4, 0.5) is 5.69 Å². The van der Waals surface area contributed by atoms with Gasteiger partial charge in [-0.1, -0.05) is 23.7 Å². The van der Waals surface area contributed by atoms with E-state index in [1.165, 1.54) is 6.20 Å². The van der Waals surface area contributed by atoms with Crippen molar-refractivity contribution in [3.63, 3.8) is 0 Å². The van der Waals surface area contributed by atoms with Crippen molar-refractivity contribution in [1.82, 2.24) is 19.6 Å². The van der Waals surface area contributed by atoms with Gasteiger partial charge in [0, 0.05) is 6.20 Å². The molecule has 1 aromatic carbocycles. The number of carbonyl (C=O) groups excluding carboxylic acids is 1. The molecule has 0 fully saturated rings. The summed E-state index contributed by atoms with van der Waals surface area (Å²) < 4.78 is 1.55. The van der Waals surface area contributed by atoms with Gasteiger partial charge in [0.25, 0.3) is 11.7 Å². The van der Waals surface area contributed by atoms with Crippen LogP contribution in [0.5, 0.6) is 0 Å². The number of carbonyl (C=O) groups is 1. The summed E-state index contributed by atoms with van der Waals surface area (Å²) in [5.74, 6) is 0.789. The standard InChI is InChI=1S/C14H12ClN5O/c1-8-10(7-16-14-17-9(2)19-20(8)14)13(21)18-12-6-4-3-5-11(12)15/h3-7H,1-2H3,(H,18,21). The van der Waals surface area contributed by atoms with E-state index in [-0.39, 0.29) is 5.91 Å². The van der Waals surface area contributed by atoms with Crippen molar-refractivity contribution < 1.29 is 4.79 Å². The zero-order valence-corrected chi connectivity index (χ0v) is 12.2. The van der Waals surface area contributed by atoms with Gasteiger partial charge in [0.2, 0.25) is 0 Å². The Kier molecular flexibility index (Phi) is 3.31. The third kappa shape index (κ3) is 2.45. The highest BCUT2D eigenvalue weighted by Crippen LogP contribution is 2.21. The van der Waals surface area contributed by atoms with Crippen molar-refractivity contribution >= 4 is 29.0 Å². The first kappa shape index (κ1) is 13.5. The molecule has 0 spiro atoms. The molecule has 0 saturated carbocycles. The van der Waals surface area contributed by atoms with Crippen LogP contribution < -0.4 is 5.32 Å². The maximum absolute atomic E-state index is 12.4. The average Bonchev–Trinajstić information content (AvgIpc) is 2.83. The Bertz CT molecular complexity index is 842. The number of hydrogen-bond donors (Lipinski definition) is 1. The maximum atomic E-state index is 12.4. The van der Waals surface area contributed by atoms with Crippen LogP contribution in [0.2, 0.25) is 5.02 Å². The van der Waals surface area contributed by atoms with E-state index in [1.54, 1.807) is 42.6 Å². The van der Waals surface area contributed by atoms with Gasteiger partial charge in [0.1, 0.15) is 5.82 Å². The molecule has 7 heteroatoms. The van der Waals surface area contributed by atoms with Gasteiger partial charge in [0.15, 0.2) is 0 Å². The van der Waals surface area contributed by atoms with E-state index in [9.17, 15) is 4.79 Å². The quantitative estimate of drug-likeness (QED) is 0.790. The van der Waals surface area contributed by atoms with Crippen LogP contribution in [-0.4, -0.2) is 25.5 Å². The first-order valence-electron chi connectivity index (χ1n) is 6.31. The van der Waals surface area contributed by atoms with E-state index >= 15 is 0 Å². The molecule has 2 aromatic heterocycles. The highest BCUT2D eigenvalue weighted by Gasteiger charge is 2.15. The minimum Gasteiger partial charge on any atom is -0.321 e. The molecular formula is C14H12ClN5O. The highest BCUT2D eigenvalue weighted by molar-refractivity contribution is 6.33. The number of benzene rings is 1. The van der Waals surface area contributed by atoms with Gasteiger partial charge in [-0.15, -0.1) is 0 Å². The molecule has 0 radical (unpaired) electrons. The van der Waals surface area contributed by atoms with E-state index in [4.69, 9.17) is 11.6 Å². The number of hydrogen-bond acceptors (Lipinski definition) is 4. The van der Waals surface area contributed by atoms with Gasteiger partial charge in [-0.3, -0.25) is 4.79 Å². The van der Waals surface area contributed by atoms with Crippen molar-refractivity contribution in [3.8, 4) is 0 Å². The van der Waals surface area contributed by atoms with Crippen molar-refractivity contribution in [2.75, 3.05) is 5.32 Å². The SMILES string of the molecule is Cc1nc2ncc(C(=O)Nc3ccccc3Cl)c(C)n2n1. The van der Waals surface area contributed by atoms with Crippen LogP contribution in [0, 0.1) is 13.8 Å². The fraction of sp³-hybridized carbons (Fsp3) is 0.143. The predicted molar refractivity (Wildman–Crippen MR) is 79.7 cm³/mol. The van der Waals surface area contributed by atoms with Crippen LogP contribution in [0.25, 0.3) is 5.78 Å². The summed E-state index contributed by atoms with van der Waals surface area (Å²) in [4.78, 5) is 20.7. The van der Waals surface area contributed by atoms with Crippen molar-refractivity contribution in [2.24, 2.45) is 0 Å². The molecule has 0 bridgehead atoms. The van der Waals surface area contributed by atoms with E-state index in [0.717, 1.165) is 0 Å². The molecule has 0 aliphatic rings. The fourth-order valence-electron chi connectivity index (χ4n) is 2.02. The topological polar surface area (TPSA) is 72.2 Å². The lowest BCUT2D eigenvalue weighted by Crippen LogP contribution is -2.16. The smallest absolute Gasteiger partial charge is 0.259 e. The first-order valence-corrected chi connectivity index (χ1v) is 6.69. The molecule has 0 saturated heterocycles. The molecule has 0 unspecified atom stereocenters. The van der Waals surface area contributed by atoms with Gasteiger partial charge in [-0.25, -0.2) is 9.50 Å². The lowest BCUT2D eigenvalue weighted by molar-refractivity contribution is 0.102. The summed E-state index contributed by atoms with van der Waals surface area (Å²) in [6.45, 7) is 3.57. The van der Waals surface area contributed by atoms with Crippen LogP contribution in [0.15, 0.2) is 30.5 Å². The van der Waals surface area contributed by atoms with Crippen LogP contribution in [-0.2, 0) is 0 Å². The van der Waals surface area contributed by atoms with Crippen molar-refractivity contribution in [2.45, 2.75) is 13.8 Å². The number of amides is 1. The lowest BCUT2D eigenvalue weighted by Gasteiger charge is -2.09. The second-order valence-corrected chi connectivity index (χ2v) is 4.97. The number of halogens is 1. The Labute approximate surface area is 125 Å². The fourth-order valence-corrected chi connectivity index (χ4v) is 2.20. The van der Waals surface area contributed by atoms with Gasteiger partial charge in [-0.2, -0.15) is 10.1 Å². The van der Waals surface area contributed by atoms with E-state index in [1.807, 2.05) is 0 Å². The van der Waals surface area contributed by atoms with E-state index < -0.39 is 0 Å². The molecule has 3 rings (SSSR count). The molecule has 2 heterocycles. The number of para-hydroxylation sites is 1. The molecule has 0 atom stereocenters. The Morgan fingerprint density at radius 3 is 2.81 bits per heavy atom. The third-order valence-electron chi connectivity index (χ3n) is 3.08. The minimum absolute atomic E-state index is 0.289. The molecule has 0 aliphatic heterocycles. The Morgan fingerprint density at radius 2 is 2.05 bits per heavy atom. The average molecular weight is 302 g/mol. The van der Waals surface area contributed by atoms with Crippen molar-refractivity contribution in [3.05, 3.63) is 52.6 Å². The summed E-state index contributed by atoms with van der Waals surface area (Å²) >= 11 is 6.04. The largest absolute Gasteiger partial charge is 0.321 e. The van der Waals surface area contributed by atoms with Crippen molar-refractivity contribution in [1.29, 1.82) is 0 Å². The lowest BCUT2D eigenvalue weighted by atomic mass is 10.2. The molecule has 106 valence electrons. The summed E-state index contributed by atoms with van der Waals surface area (Å²) in [6, 6.07) is 7.05. The molecular weight excluding hydrogens is 290 g/mol. The van der Waals surface area contributed by atoms with E-state index in [2.05, 4.69) is 20.4 Å². The normalized spacial score (nSPS) is 10.8. The van der Waals surface area contributed by atoms with Gasteiger partial charge in [0.05, 0.1) is 22.0 Å². The first-order chi connectivity index (χ1) is 10.1. The number of fused-ring (bicyclic) bond motifs is 1. The van der Waals surface area contributed by atoms with Gasteiger partial charge >= 0.3 is 0 Å². The van der Waals surface area contributed by atoms with E-state index in [0.29, 0.717) is 33.6 Å². The third-order valence-corrected chi connectivity index (χ3v) is 3.41. The summed E-state index contributed by atoms with van der Waals surface area (Å²) in [6.07, 6.45) is 1.49. The number of rotatable bonds is 2. The number of nitrogens with zero attached hydrogens (tertiary/aromatic N) is 4. The van der Waals surface area contributed by atoms with Gasteiger partial charge < -0.3 is 5.32 Å². The second kappa shape index (κ2) is 5.14. The van der Waals surface area contributed by atoms with Crippen LogP contribution in [0.3, 0.4) is 0 Å². The number of aryl methyl sites for hydroxylation is 2. The molecule has 21 heavy (non-hydrogen) atoms. The zero-order valence-electron chi connectivity index (χ0n) is 11.5. The number of aromatic nitrogens is 4. The van der Waals surface area contributed by atoms with Crippen LogP contribution >= 0.6 is 11.6 Å². The molecule has 1 N–H and O–H groups in total. The summed E-state index contributed by atoms with van der Waals surface area (Å²) in [7, 11) is 0. The summed E-state index contributed by atoms with van der Waals surface area (Å²) in [5, 5.41) is 7.46. The Balaban J connectivity index is 1.98. The monoisotopic (exact) mass is 301 g/mol. The van der Waals surface area contributed by atoms with Crippen LogP contribution in [0.1, 0.15) is 21.9 Å². The molecule has 3 aromatic rings. The Hall–Kier alpha value is -2.47. The zero-order chi connectivity index (χ0) is 15.0. The second-order valence-electron chi connectivity index (χ2n) is 4.56. The molecule has 6 nitrogen and oxygen atoms in total. The highest BCUT2D eigenvalue weighted by atomic mass is 35.5. The van der Waals surface area contributed by atoms with Gasteiger partial charge in [-0.05, 0) is 26.0 Å². The molecule has 0 aliphatic carbocycles. The summed E-state index contributed by atoms with van der Waals surface area (Å²) in [5.41, 5.74) is 1.65. The number of nitrogens with one attached hydrogen (secondary N) is 1. The molecule has 1 amide bonds. The Morgan fingerprint density at radius 1 is 1.29 bits per heavy atom. The predicted octanol–water partition coefficient (Wildman–Crippen LogP) is 2.65. The number of anilines is 1. The minimum atomic E-state index is -0.289.